The normalized spacial score (nSPS) is 15.6. The third-order valence-electron chi connectivity index (χ3n) is 1.27. The largest absolute Gasteiger partial charge is 0.301 e. The van der Waals surface area contributed by atoms with Crippen LogP contribution >= 0.6 is 37.9 Å². The fraction of sp³-hybridized carbons (Fsp3) is 0. The standard InChI is InChI=1S/C6H4BrN3S2/c7-4-1-2-5(8-3-4)6-9-11-12-10-6/h1-3H,(H,9,10). The molecular weight excluding hydrogens is 258 g/mol. The highest BCUT2D eigenvalue weighted by atomic mass is 79.9. The van der Waals surface area contributed by atoms with Crippen LogP contribution in [0.3, 0.4) is 0 Å². The van der Waals surface area contributed by atoms with Gasteiger partial charge in [-0.05, 0) is 28.1 Å². The lowest BCUT2D eigenvalue weighted by molar-refractivity contribution is 1.25. The average molecular weight is 262 g/mol. The van der Waals surface area contributed by atoms with Crippen molar-refractivity contribution in [3.05, 3.63) is 28.5 Å². The Labute approximate surface area is 86.2 Å². The van der Waals surface area contributed by atoms with Gasteiger partial charge in [0.15, 0.2) is 5.84 Å². The van der Waals surface area contributed by atoms with Gasteiger partial charge in [-0.2, -0.15) is 4.40 Å². The third-order valence-corrected chi connectivity index (χ3v) is 3.05. The first-order valence-corrected chi connectivity index (χ1v) is 6.05. The number of aromatic nitrogens is 1. The van der Waals surface area contributed by atoms with Crippen LogP contribution in [0.1, 0.15) is 5.69 Å². The van der Waals surface area contributed by atoms with E-state index < -0.39 is 0 Å². The monoisotopic (exact) mass is 261 g/mol. The number of pyridine rings is 1. The van der Waals surface area contributed by atoms with Crippen LogP contribution in [-0.4, -0.2) is 10.8 Å². The van der Waals surface area contributed by atoms with Gasteiger partial charge in [-0.15, -0.1) is 0 Å². The van der Waals surface area contributed by atoms with Gasteiger partial charge >= 0.3 is 0 Å². The second-order valence-corrected chi connectivity index (χ2v) is 4.63. The van der Waals surface area contributed by atoms with Crippen LogP contribution in [0, 0.1) is 0 Å². The van der Waals surface area contributed by atoms with E-state index in [1.807, 2.05) is 12.1 Å². The highest BCUT2D eigenvalue weighted by molar-refractivity contribution is 9.10. The van der Waals surface area contributed by atoms with Gasteiger partial charge in [0.1, 0.15) is 5.69 Å². The molecule has 0 saturated heterocycles. The molecule has 1 aliphatic rings. The van der Waals surface area contributed by atoms with Gasteiger partial charge in [-0.25, -0.2) is 0 Å². The van der Waals surface area contributed by atoms with Crippen molar-refractivity contribution in [1.29, 1.82) is 0 Å². The van der Waals surface area contributed by atoms with Crippen molar-refractivity contribution >= 4 is 43.7 Å². The number of hydrogen-bond acceptors (Lipinski definition) is 5. The topological polar surface area (TPSA) is 37.3 Å². The van der Waals surface area contributed by atoms with Crippen molar-refractivity contribution in [2.45, 2.75) is 0 Å². The molecule has 3 nitrogen and oxygen atoms in total. The molecule has 1 N–H and O–H groups in total. The minimum atomic E-state index is 0.831. The van der Waals surface area contributed by atoms with Gasteiger partial charge in [0.2, 0.25) is 0 Å². The van der Waals surface area contributed by atoms with E-state index >= 15 is 0 Å². The molecule has 0 bridgehead atoms. The zero-order chi connectivity index (χ0) is 8.39. The molecule has 2 rings (SSSR count). The predicted molar refractivity (Wildman–Crippen MR) is 56.8 cm³/mol. The number of nitrogens with zero attached hydrogens (tertiary/aromatic N) is 2. The summed E-state index contributed by atoms with van der Waals surface area (Å²) >= 11 is 3.32. The Morgan fingerprint density at radius 1 is 1.42 bits per heavy atom. The molecule has 2 heterocycles. The lowest BCUT2D eigenvalue weighted by atomic mass is 10.3. The molecule has 12 heavy (non-hydrogen) atoms. The molecule has 0 atom stereocenters. The Balaban J connectivity index is 2.28. The van der Waals surface area contributed by atoms with E-state index in [2.05, 4.69) is 30.0 Å². The van der Waals surface area contributed by atoms with Gasteiger partial charge in [0, 0.05) is 21.6 Å². The number of amidine groups is 1. The Morgan fingerprint density at radius 3 is 2.92 bits per heavy atom. The van der Waals surface area contributed by atoms with E-state index in [1.54, 1.807) is 6.20 Å². The van der Waals surface area contributed by atoms with E-state index in [1.165, 1.54) is 22.0 Å². The first kappa shape index (κ1) is 8.40. The van der Waals surface area contributed by atoms with Gasteiger partial charge in [0.25, 0.3) is 0 Å². The fourth-order valence-electron chi connectivity index (χ4n) is 0.748. The Bertz CT molecular complexity index is 311. The third kappa shape index (κ3) is 1.75. The summed E-state index contributed by atoms with van der Waals surface area (Å²) in [5.41, 5.74) is 0.871. The highest BCUT2D eigenvalue weighted by Crippen LogP contribution is 2.26. The van der Waals surface area contributed by atoms with E-state index in [-0.39, 0.29) is 0 Å². The van der Waals surface area contributed by atoms with Crippen LogP contribution in [-0.2, 0) is 0 Å². The van der Waals surface area contributed by atoms with Crippen molar-refractivity contribution in [2.75, 3.05) is 0 Å². The first-order chi connectivity index (χ1) is 5.86. The number of rotatable bonds is 1. The van der Waals surface area contributed by atoms with E-state index in [4.69, 9.17) is 0 Å². The maximum absolute atomic E-state index is 4.19. The number of halogens is 1. The molecular formula is C6H4BrN3S2. The van der Waals surface area contributed by atoms with E-state index in [9.17, 15) is 0 Å². The van der Waals surface area contributed by atoms with E-state index in [0.717, 1.165) is 16.0 Å². The maximum atomic E-state index is 4.19. The molecule has 0 unspecified atom stereocenters. The molecule has 0 fully saturated rings. The summed E-state index contributed by atoms with van der Waals surface area (Å²) in [5.74, 6) is 0.831. The molecule has 1 aromatic heterocycles. The fourth-order valence-corrected chi connectivity index (χ4v) is 2.24. The van der Waals surface area contributed by atoms with Crippen molar-refractivity contribution < 1.29 is 0 Å². The zero-order valence-corrected chi connectivity index (χ0v) is 9.04. The molecule has 0 radical (unpaired) electrons. The second-order valence-electron chi connectivity index (χ2n) is 2.06. The summed E-state index contributed by atoms with van der Waals surface area (Å²) in [7, 11) is 2.92. The SMILES string of the molecule is Brc1ccc(C2=NSSN2)nc1. The van der Waals surface area contributed by atoms with Crippen LogP contribution in [0.15, 0.2) is 27.2 Å². The molecule has 1 aliphatic heterocycles. The smallest absolute Gasteiger partial charge is 0.171 e. The summed E-state index contributed by atoms with van der Waals surface area (Å²) in [6, 6.07) is 3.86. The molecule has 6 heteroatoms. The molecule has 1 aromatic rings. The predicted octanol–water partition coefficient (Wildman–Crippen LogP) is 2.41. The van der Waals surface area contributed by atoms with Crippen LogP contribution in [0.2, 0.25) is 0 Å². The van der Waals surface area contributed by atoms with Crippen LogP contribution in [0.5, 0.6) is 0 Å². The average Bonchev–Trinajstić information content (AvgIpc) is 2.58. The molecule has 0 aromatic carbocycles. The first-order valence-electron chi connectivity index (χ1n) is 3.15. The second kappa shape index (κ2) is 3.68. The summed E-state index contributed by atoms with van der Waals surface area (Å²) in [5, 5.41) is 0. The Hall–Kier alpha value is -0.200. The summed E-state index contributed by atoms with van der Waals surface area (Å²) < 4.78 is 8.16. The summed E-state index contributed by atoms with van der Waals surface area (Å²) in [6.07, 6.45) is 1.76. The molecule has 0 saturated carbocycles. The molecule has 62 valence electrons. The molecule has 0 amide bonds. The van der Waals surface area contributed by atoms with Crippen molar-refractivity contribution in [3.8, 4) is 0 Å². The van der Waals surface area contributed by atoms with Crippen molar-refractivity contribution in [2.24, 2.45) is 4.40 Å². The van der Waals surface area contributed by atoms with Gasteiger partial charge < -0.3 is 4.72 Å². The quantitative estimate of drug-likeness (QED) is 0.623. The highest BCUT2D eigenvalue weighted by Gasteiger charge is 2.10. The Kier molecular flexibility index (Phi) is 2.57. The minimum absolute atomic E-state index is 0.831. The number of hydrogen-bond donors (Lipinski definition) is 1. The van der Waals surface area contributed by atoms with Gasteiger partial charge in [-0.3, -0.25) is 4.98 Å². The van der Waals surface area contributed by atoms with Crippen LogP contribution in [0.25, 0.3) is 0 Å². The van der Waals surface area contributed by atoms with Crippen LogP contribution in [0.4, 0.5) is 0 Å². The van der Waals surface area contributed by atoms with Crippen LogP contribution < -0.4 is 4.72 Å². The molecule has 0 aliphatic carbocycles. The maximum Gasteiger partial charge on any atom is 0.171 e. The van der Waals surface area contributed by atoms with Gasteiger partial charge in [-0.1, -0.05) is 0 Å². The van der Waals surface area contributed by atoms with Crippen molar-refractivity contribution in [3.63, 3.8) is 0 Å². The van der Waals surface area contributed by atoms with E-state index in [0.29, 0.717) is 0 Å². The van der Waals surface area contributed by atoms with Gasteiger partial charge in [0.05, 0.1) is 11.0 Å². The minimum Gasteiger partial charge on any atom is -0.301 e. The van der Waals surface area contributed by atoms with Crippen molar-refractivity contribution in [1.82, 2.24) is 9.71 Å². The Morgan fingerprint density at radius 2 is 2.33 bits per heavy atom. The summed E-state index contributed by atoms with van der Waals surface area (Å²) in [4.78, 5) is 4.19. The summed E-state index contributed by atoms with van der Waals surface area (Å²) in [6.45, 7) is 0. The molecule has 0 spiro atoms. The zero-order valence-electron chi connectivity index (χ0n) is 5.82. The number of nitrogens with one attached hydrogen (secondary N) is 1. The lowest BCUT2D eigenvalue weighted by Gasteiger charge is -1.97. The lowest BCUT2D eigenvalue weighted by Crippen LogP contribution is -2.13.